The summed E-state index contributed by atoms with van der Waals surface area (Å²) in [5.41, 5.74) is 7.34. The van der Waals surface area contributed by atoms with Gasteiger partial charge in [-0.15, -0.1) is 0 Å². The fraction of sp³-hybridized carbons (Fsp3) is 0.429. The second kappa shape index (κ2) is 6.65. The van der Waals surface area contributed by atoms with E-state index in [0.717, 1.165) is 11.3 Å². The first-order chi connectivity index (χ1) is 9.58. The summed E-state index contributed by atoms with van der Waals surface area (Å²) in [4.78, 5) is 24.8. The van der Waals surface area contributed by atoms with Crippen molar-refractivity contribution in [3.63, 3.8) is 0 Å². The van der Waals surface area contributed by atoms with Gasteiger partial charge in [-0.25, -0.2) is 4.79 Å². The minimum absolute atomic E-state index is 0.0884. The minimum atomic E-state index is -0.918. The van der Waals surface area contributed by atoms with E-state index in [0.29, 0.717) is 30.8 Å². The molecule has 0 radical (unpaired) electrons. The molecule has 3 N–H and O–H groups in total. The molecule has 0 aliphatic carbocycles. The molecule has 108 valence electrons. The number of carboxylic acids is 1. The maximum absolute atomic E-state index is 12.2. The van der Waals surface area contributed by atoms with E-state index in [-0.39, 0.29) is 5.91 Å². The first-order valence-electron chi connectivity index (χ1n) is 6.52. The van der Waals surface area contributed by atoms with Crippen LogP contribution in [0.3, 0.4) is 0 Å². The number of carbonyl (C=O) groups is 2. The molecule has 1 atom stereocenters. The number of benzene rings is 1. The number of aliphatic carboxylic acids is 1. The molecular formula is C14H18N2O3S. The molecule has 1 unspecified atom stereocenters. The van der Waals surface area contributed by atoms with Crippen LogP contribution in [0.2, 0.25) is 0 Å². The molecular weight excluding hydrogens is 276 g/mol. The highest BCUT2D eigenvalue weighted by Crippen LogP contribution is 2.18. The molecule has 5 nitrogen and oxygen atoms in total. The van der Waals surface area contributed by atoms with Crippen molar-refractivity contribution in [2.75, 3.05) is 23.8 Å². The van der Waals surface area contributed by atoms with Crippen LogP contribution < -0.4 is 5.73 Å². The summed E-state index contributed by atoms with van der Waals surface area (Å²) in [6, 6.07) is 6.70. The van der Waals surface area contributed by atoms with E-state index in [4.69, 9.17) is 10.8 Å². The third-order valence-electron chi connectivity index (χ3n) is 3.34. The normalized spacial score (nSPS) is 18.8. The van der Waals surface area contributed by atoms with Gasteiger partial charge in [-0.05, 0) is 24.1 Å². The van der Waals surface area contributed by atoms with Crippen LogP contribution in [0, 0.1) is 0 Å². The van der Waals surface area contributed by atoms with E-state index >= 15 is 0 Å². The summed E-state index contributed by atoms with van der Waals surface area (Å²) in [7, 11) is 0. The molecule has 0 saturated carbocycles. The van der Waals surface area contributed by atoms with Crippen LogP contribution in [-0.4, -0.2) is 46.0 Å². The monoisotopic (exact) mass is 294 g/mol. The Labute approximate surface area is 122 Å². The van der Waals surface area contributed by atoms with Gasteiger partial charge in [0.25, 0.3) is 0 Å². The third-order valence-corrected chi connectivity index (χ3v) is 4.36. The Morgan fingerprint density at radius 3 is 2.70 bits per heavy atom. The van der Waals surface area contributed by atoms with Crippen LogP contribution in [0.4, 0.5) is 5.69 Å². The van der Waals surface area contributed by atoms with Gasteiger partial charge in [0.1, 0.15) is 6.04 Å². The highest BCUT2D eigenvalue weighted by molar-refractivity contribution is 7.99. The molecule has 0 spiro atoms. The molecule has 0 bridgehead atoms. The number of hydrogen-bond donors (Lipinski definition) is 2. The lowest BCUT2D eigenvalue weighted by Gasteiger charge is -2.32. The van der Waals surface area contributed by atoms with Gasteiger partial charge in [0.05, 0.1) is 0 Å². The van der Waals surface area contributed by atoms with Gasteiger partial charge in [-0.2, -0.15) is 11.8 Å². The number of hydrogen-bond acceptors (Lipinski definition) is 4. The van der Waals surface area contributed by atoms with Gasteiger partial charge in [0.15, 0.2) is 0 Å². The van der Waals surface area contributed by atoms with Crippen LogP contribution in [0.1, 0.15) is 12.0 Å². The Hall–Kier alpha value is -1.69. The van der Waals surface area contributed by atoms with Crippen LogP contribution in [-0.2, 0) is 16.0 Å². The molecule has 1 aromatic carbocycles. The zero-order valence-electron chi connectivity index (χ0n) is 11.1. The van der Waals surface area contributed by atoms with Gasteiger partial charge in [0, 0.05) is 30.2 Å². The zero-order chi connectivity index (χ0) is 14.5. The fourth-order valence-corrected chi connectivity index (χ4v) is 3.22. The summed E-state index contributed by atoms with van der Waals surface area (Å²) in [5.74, 6) is 0.271. The molecule has 1 heterocycles. The maximum atomic E-state index is 12.2. The molecule has 1 aromatic rings. The molecule has 0 aromatic heterocycles. The maximum Gasteiger partial charge on any atom is 0.327 e. The highest BCUT2D eigenvalue weighted by Gasteiger charge is 2.31. The number of carbonyl (C=O) groups excluding carboxylic acids is 1. The summed E-state index contributed by atoms with van der Waals surface area (Å²) >= 11 is 1.58. The molecule has 6 heteroatoms. The molecule has 1 saturated heterocycles. The standard InChI is InChI=1S/C14H18N2O3S/c15-11-4-1-10(2-5-11)3-6-13(17)16-7-8-20-9-12(16)14(18)19/h1-2,4-5,12H,3,6-9,15H2,(H,18,19). The lowest BCUT2D eigenvalue weighted by molar-refractivity contribution is -0.149. The van der Waals surface area contributed by atoms with Crippen molar-refractivity contribution in [2.24, 2.45) is 0 Å². The van der Waals surface area contributed by atoms with Gasteiger partial charge in [-0.3, -0.25) is 4.79 Å². The highest BCUT2D eigenvalue weighted by atomic mass is 32.2. The van der Waals surface area contributed by atoms with E-state index in [1.54, 1.807) is 23.9 Å². The average Bonchev–Trinajstić information content (AvgIpc) is 2.46. The van der Waals surface area contributed by atoms with Gasteiger partial charge in [-0.1, -0.05) is 12.1 Å². The fourth-order valence-electron chi connectivity index (χ4n) is 2.19. The van der Waals surface area contributed by atoms with E-state index in [2.05, 4.69) is 0 Å². The topological polar surface area (TPSA) is 83.6 Å². The Morgan fingerprint density at radius 2 is 2.05 bits per heavy atom. The van der Waals surface area contributed by atoms with Gasteiger partial charge in [0.2, 0.25) is 5.91 Å². The van der Waals surface area contributed by atoms with Crippen LogP contribution in [0.15, 0.2) is 24.3 Å². The number of nitrogens with two attached hydrogens (primary N) is 1. The molecule has 1 aliphatic heterocycles. The zero-order valence-corrected chi connectivity index (χ0v) is 11.9. The lowest BCUT2D eigenvalue weighted by Crippen LogP contribution is -2.50. The number of anilines is 1. The number of nitrogens with zero attached hydrogens (tertiary/aromatic N) is 1. The molecule has 1 amide bonds. The predicted octanol–water partition coefficient (Wildman–Crippen LogP) is 1.23. The Bertz CT molecular complexity index is 490. The van der Waals surface area contributed by atoms with Crippen molar-refractivity contribution in [2.45, 2.75) is 18.9 Å². The van der Waals surface area contributed by atoms with Crippen molar-refractivity contribution in [3.8, 4) is 0 Å². The Kier molecular flexibility index (Phi) is 4.89. The second-order valence-corrected chi connectivity index (χ2v) is 5.91. The average molecular weight is 294 g/mol. The summed E-state index contributed by atoms with van der Waals surface area (Å²) in [6.07, 6.45) is 0.938. The quantitative estimate of drug-likeness (QED) is 0.816. The number of aryl methyl sites for hydroxylation is 1. The third kappa shape index (κ3) is 3.66. The number of carboxylic acid groups (broad SMARTS) is 1. The van der Waals surface area contributed by atoms with Gasteiger partial charge >= 0.3 is 5.97 Å². The van der Waals surface area contributed by atoms with Crippen LogP contribution in [0.25, 0.3) is 0 Å². The summed E-state index contributed by atoms with van der Waals surface area (Å²) < 4.78 is 0. The number of thioether (sulfide) groups is 1. The Morgan fingerprint density at radius 1 is 1.35 bits per heavy atom. The molecule has 20 heavy (non-hydrogen) atoms. The number of rotatable bonds is 4. The number of amides is 1. The largest absolute Gasteiger partial charge is 0.480 e. The SMILES string of the molecule is Nc1ccc(CCC(=O)N2CCSCC2C(=O)O)cc1. The lowest BCUT2D eigenvalue weighted by atomic mass is 10.1. The minimum Gasteiger partial charge on any atom is -0.480 e. The second-order valence-electron chi connectivity index (χ2n) is 4.76. The van der Waals surface area contributed by atoms with Crippen molar-refractivity contribution >= 4 is 29.3 Å². The molecule has 1 fully saturated rings. The summed E-state index contributed by atoms with van der Waals surface area (Å²) in [5, 5.41) is 9.15. The van der Waals surface area contributed by atoms with Crippen LogP contribution in [0.5, 0.6) is 0 Å². The van der Waals surface area contributed by atoms with Crippen LogP contribution >= 0.6 is 11.8 Å². The predicted molar refractivity (Wildman–Crippen MR) is 79.6 cm³/mol. The van der Waals surface area contributed by atoms with E-state index < -0.39 is 12.0 Å². The first kappa shape index (κ1) is 14.7. The first-order valence-corrected chi connectivity index (χ1v) is 7.68. The van der Waals surface area contributed by atoms with Crippen molar-refractivity contribution < 1.29 is 14.7 Å². The molecule has 2 rings (SSSR count). The smallest absolute Gasteiger partial charge is 0.327 e. The van der Waals surface area contributed by atoms with E-state index in [9.17, 15) is 9.59 Å². The van der Waals surface area contributed by atoms with E-state index in [1.807, 2.05) is 12.1 Å². The van der Waals surface area contributed by atoms with Gasteiger partial charge < -0.3 is 15.7 Å². The van der Waals surface area contributed by atoms with Crippen molar-refractivity contribution in [3.05, 3.63) is 29.8 Å². The van der Waals surface area contributed by atoms with E-state index in [1.165, 1.54) is 4.90 Å². The van der Waals surface area contributed by atoms with Crippen molar-refractivity contribution in [1.82, 2.24) is 4.90 Å². The molecule has 1 aliphatic rings. The van der Waals surface area contributed by atoms with Crippen molar-refractivity contribution in [1.29, 1.82) is 0 Å². The summed E-state index contributed by atoms with van der Waals surface area (Å²) in [6.45, 7) is 0.516. The number of nitrogen functional groups attached to an aromatic ring is 1. The Balaban J connectivity index is 1.93.